The molecule has 0 bridgehead atoms. The summed E-state index contributed by atoms with van der Waals surface area (Å²) in [5, 5.41) is 82.4. The summed E-state index contributed by atoms with van der Waals surface area (Å²) in [5.74, 6) is -1.06. The predicted octanol–water partition coefficient (Wildman–Crippen LogP) is -1.16. The van der Waals surface area contributed by atoms with E-state index in [4.69, 9.17) is 28.4 Å². The van der Waals surface area contributed by atoms with Crippen molar-refractivity contribution in [1.29, 1.82) is 0 Å². The molecule has 2 saturated heterocycles. The molecule has 8 N–H and O–H groups in total. The molecule has 5 rings (SSSR count). The van der Waals surface area contributed by atoms with E-state index >= 15 is 0 Å². The number of ether oxygens (including phenoxy) is 6. The largest absolute Gasteiger partial charge is 0.507 e. The number of phenols is 2. The number of phenolic OH excluding ortho intramolecular Hbond substituents is 2. The van der Waals surface area contributed by atoms with Gasteiger partial charge in [-0.15, -0.1) is 0 Å². The van der Waals surface area contributed by atoms with Gasteiger partial charge in [0.1, 0.15) is 65.5 Å². The number of rotatable bonds is 7. The number of aromatic hydroxyl groups is 2. The summed E-state index contributed by atoms with van der Waals surface area (Å²) in [6, 6.07) is 6.89. The zero-order valence-corrected chi connectivity index (χ0v) is 23.1. The SMILES string of the molecule is COc1ccc([C@@H]2CC(=O)c3c(O)cc(O[C@@H]4O[C@H](CO)[C@@H](O)[C@H](O)[C@@H]4O[C@@H]4O[C@H](C)[C@H](O)[C@@H](O)[C@H]4O)cc3O2)cc1O. The van der Waals surface area contributed by atoms with Gasteiger partial charge in [-0.1, -0.05) is 6.07 Å². The lowest BCUT2D eigenvalue weighted by Crippen LogP contribution is -2.64. The highest BCUT2D eigenvalue weighted by Crippen LogP contribution is 2.43. The Hall–Kier alpha value is -3.25. The average molecular weight is 611 g/mol. The van der Waals surface area contributed by atoms with Crippen LogP contribution >= 0.6 is 0 Å². The van der Waals surface area contributed by atoms with Crippen molar-refractivity contribution in [2.24, 2.45) is 0 Å². The molecule has 2 fully saturated rings. The molecule has 0 spiro atoms. The van der Waals surface area contributed by atoms with Gasteiger partial charge in [0.05, 0.1) is 26.2 Å². The number of Topliss-reactive ketones (excluding diaryl/α,β-unsaturated/α-hetero) is 1. The number of fused-ring (bicyclic) bond motifs is 1. The second-order valence-electron chi connectivity index (χ2n) is 10.6. The molecule has 2 aromatic carbocycles. The fraction of sp³-hybridized carbons (Fsp3) is 0.536. The number of methoxy groups -OCH3 is 1. The minimum absolute atomic E-state index is 0.0592. The molecule has 43 heavy (non-hydrogen) atoms. The molecule has 11 atom stereocenters. The van der Waals surface area contributed by atoms with Crippen LogP contribution in [0, 0.1) is 0 Å². The molecule has 0 saturated carbocycles. The Morgan fingerprint density at radius 2 is 1.63 bits per heavy atom. The summed E-state index contributed by atoms with van der Waals surface area (Å²) >= 11 is 0. The van der Waals surface area contributed by atoms with Gasteiger partial charge in [0.2, 0.25) is 6.29 Å². The van der Waals surface area contributed by atoms with Crippen LogP contribution in [0.2, 0.25) is 0 Å². The lowest BCUT2D eigenvalue weighted by Gasteiger charge is -2.45. The highest BCUT2D eigenvalue weighted by atomic mass is 16.8. The second kappa shape index (κ2) is 12.4. The minimum atomic E-state index is -1.76. The first-order valence-electron chi connectivity index (χ1n) is 13.5. The van der Waals surface area contributed by atoms with E-state index in [1.165, 1.54) is 32.2 Å². The Morgan fingerprint density at radius 1 is 0.884 bits per heavy atom. The van der Waals surface area contributed by atoms with Crippen LogP contribution in [0.1, 0.15) is 35.4 Å². The van der Waals surface area contributed by atoms with Crippen LogP contribution in [0.15, 0.2) is 30.3 Å². The third-order valence-corrected chi connectivity index (χ3v) is 7.72. The van der Waals surface area contributed by atoms with Crippen LogP contribution in [-0.4, -0.2) is 122 Å². The fourth-order valence-electron chi connectivity index (χ4n) is 5.29. The quantitative estimate of drug-likeness (QED) is 0.185. The van der Waals surface area contributed by atoms with Crippen LogP contribution in [0.25, 0.3) is 0 Å². The Kier molecular flexibility index (Phi) is 8.99. The van der Waals surface area contributed by atoms with Gasteiger partial charge in [-0.3, -0.25) is 4.79 Å². The van der Waals surface area contributed by atoms with E-state index in [1.54, 1.807) is 6.07 Å². The van der Waals surface area contributed by atoms with E-state index in [9.17, 15) is 45.6 Å². The summed E-state index contributed by atoms with van der Waals surface area (Å²) in [7, 11) is 1.39. The highest BCUT2D eigenvalue weighted by molar-refractivity contribution is 6.02. The lowest BCUT2D eigenvalue weighted by atomic mass is 9.95. The molecule has 15 nitrogen and oxygen atoms in total. The van der Waals surface area contributed by atoms with Crippen LogP contribution in [0.5, 0.6) is 28.7 Å². The van der Waals surface area contributed by atoms with Crippen molar-refractivity contribution in [3.05, 3.63) is 41.5 Å². The van der Waals surface area contributed by atoms with E-state index in [-0.39, 0.29) is 35.0 Å². The molecule has 0 amide bonds. The van der Waals surface area contributed by atoms with Crippen molar-refractivity contribution in [2.45, 2.75) is 80.9 Å². The first-order valence-corrected chi connectivity index (χ1v) is 13.5. The molecule has 236 valence electrons. The van der Waals surface area contributed by atoms with Gasteiger partial charge < -0.3 is 69.3 Å². The molecule has 0 aromatic heterocycles. The smallest absolute Gasteiger partial charge is 0.229 e. The molecule has 0 unspecified atom stereocenters. The number of carbonyl (C=O) groups excluding carboxylic acids is 1. The van der Waals surface area contributed by atoms with Gasteiger partial charge >= 0.3 is 0 Å². The van der Waals surface area contributed by atoms with Crippen molar-refractivity contribution in [3.8, 4) is 28.7 Å². The summed E-state index contributed by atoms with van der Waals surface area (Å²) < 4.78 is 33.7. The molecule has 3 heterocycles. The highest BCUT2D eigenvalue weighted by Gasteiger charge is 2.51. The Balaban J connectivity index is 1.41. The number of aliphatic hydroxyl groups excluding tert-OH is 6. The molecule has 3 aliphatic rings. The molecule has 15 heteroatoms. The first kappa shape index (κ1) is 31.2. The molecule has 2 aromatic rings. The van der Waals surface area contributed by atoms with Crippen LogP contribution in [-0.2, 0) is 14.2 Å². The Bertz CT molecular complexity index is 1320. The maximum atomic E-state index is 13.0. The van der Waals surface area contributed by atoms with Gasteiger partial charge in [0.15, 0.2) is 29.7 Å². The van der Waals surface area contributed by atoms with E-state index in [0.29, 0.717) is 5.56 Å². The third kappa shape index (κ3) is 5.95. The number of hydrogen-bond acceptors (Lipinski definition) is 15. The maximum absolute atomic E-state index is 13.0. The zero-order valence-electron chi connectivity index (χ0n) is 23.1. The first-order chi connectivity index (χ1) is 20.4. The summed E-state index contributed by atoms with van der Waals surface area (Å²) in [5.41, 5.74) is 0.352. The van der Waals surface area contributed by atoms with Crippen molar-refractivity contribution < 1.29 is 74.1 Å². The number of carbonyl (C=O) groups is 1. The van der Waals surface area contributed by atoms with Crippen LogP contribution < -0.4 is 14.2 Å². The van der Waals surface area contributed by atoms with Crippen LogP contribution in [0.3, 0.4) is 0 Å². The van der Waals surface area contributed by atoms with E-state index < -0.39 is 85.7 Å². The van der Waals surface area contributed by atoms with E-state index in [0.717, 1.165) is 6.07 Å². The molecule has 0 radical (unpaired) electrons. The molecular formula is C28H34O15. The summed E-state index contributed by atoms with van der Waals surface area (Å²) in [6.45, 7) is 0.699. The van der Waals surface area contributed by atoms with Crippen molar-refractivity contribution in [3.63, 3.8) is 0 Å². The van der Waals surface area contributed by atoms with E-state index in [1.807, 2.05) is 0 Å². The number of hydrogen-bond donors (Lipinski definition) is 8. The van der Waals surface area contributed by atoms with Gasteiger partial charge in [0, 0.05) is 12.1 Å². The standard InChI is InChI=1S/C28H34O15/c1-10-21(33)23(35)25(37)27(39-10)43-26-24(36)22(34)19(9-29)42-28(26)40-12-6-14(31)20-15(32)8-17(41-18(20)7-12)11-3-4-16(38-2)13(30)5-11/h3-7,10,17,19,21-31,33-37H,8-9H2,1-2H3/t10-,17+,19-,21+,22-,23-,24+,25-,26+,27+,28-/m1/s1. The zero-order chi connectivity index (χ0) is 31.2. The Labute approximate surface area is 245 Å². The van der Waals surface area contributed by atoms with Gasteiger partial charge in [0.25, 0.3) is 0 Å². The number of benzene rings is 2. The fourth-order valence-corrected chi connectivity index (χ4v) is 5.29. The minimum Gasteiger partial charge on any atom is -0.507 e. The number of ketones is 1. The van der Waals surface area contributed by atoms with Crippen molar-refractivity contribution in [2.75, 3.05) is 13.7 Å². The monoisotopic (exact) mass is 610 g/mol. The lowest BCUT2D eigenvalue weighted by molar-refractivity contribution is -0.354. The summed E-state index contributed by atoms with van der Waals surface area (Å²) in [4.78, 5) is 13.0. The van der Waals surface area contributed by atoms with Gasteiger partial charge in [-0.2, -0.15) is 0 Å². The second-order valence-corrected chi connectivity index (χ2v) is 10.6. The van der Waals surface area contributed by atoms with Gasteiger partial charge in [-0.05, 0) is 24.6 Å². The van der Waals surface area contributed by atoms with Crippen molar-refractivity contribution >= 4 is 5.78 Å². The number of aliphatic hydroxyl groups is 6. The predicted molar refractivity (Wildman–Crippen MR) is 141 cm³/mol. The van der Waals surface area contributed by atoms with Crippen molar-refractivity contribution in [1.82, 2.24) is 0 Å². The Morgan fingerprint density at radius 3 is 2.30 bits per heavy atom. The molecule has 3 aliphatic heterocycles. The molecule has 0 aliphatic carbocycles. The van der Waals surface area contributed by atoms with Crippen LogP contribution in [0.4, 0.5) is 0 Å². The molecular weight excluding hydrogens is 576 g/mol. The third-order valence-electron chi connectivity index (χ3n) is 7.72. The van der Waals surface area contributed by atoms with Gasteiger partial charge in [-0.25, -0.2) is 0 Å². The summed E-state index contributed by atoms with van der Waals surface area (Å²) in [6.07, 6.45) is -16.3. The average Bonchev–Trinajstić information content (AvgIpc) is 2.97. The maximum Gasteiger partial charge on any atom is 0.229 e. The normalized spacial score (nSPS) is 36.0. The van der Waals surface area contributed by atoms with E-state index in [2.05, 4.69) is 0 Å². The topological polar surface area (TPSA) is 234 Å².